The number of nitrogens with zero attached hydrogens (tertiary/aromatic N) is 5. The van der Waals surface area contributed by atoms with Gasteiger partial charge in [0.1, 0.15) is 12.0 Å². The van der Waals surface area contributed by atoms with Gasteiger partial charge in [-0.2, -0.15) is 0 Å². The molecule has 0 bridgehead atoms. The molecule has 7 nitrogen and oxygen atoms in total. The number of aryl methyl sites for hydroxylation is 1. The smallest absolute Gasteiger partial charge is 0.268 e. The van der Waals surface area contributed by atoms with E-state index in [0.29, 0.717) is 17.4 Å². The van der Waals surface area contributed by atoms with E-state index in [1.807, 2.05) is 16.9 Å². The molecule has 1 aliphatic rings. The normalized spacial score (nSPS) is 14.1. The molecule has 116 valence electrons. The van der Waals surface area contributed by atoms with E-state index in [4.69, 9.17) is 5.73 Å². The summed E-state index contributed by atoms with van der Waals surface area (Å²) in [5, 5.41) is 10.2. The third-order valence-corrected chi connectivity index (χ3v) is 4.51. The predicted octanol–water partition coefficient (Wildman–Crippen LogP) is 2.21. The minimum absolute atomic E-state index is 0.202. The van der Waals surface area contributed by atoms with Crippen molar-refractivity contribution in [3.8, 4) is 22.6 Å². The van der Waals surface area contributed by atoms with E-state index < -0.39 is 5.91 Å². The van der Waals surface area contributed by atoms with Crippen molar-refractivity contribution in [3.05, 3.63) is 34.7 Å². The number of rotatable bonds is 4. The van der Waals surface area contributed by atoms with Crippen molar-refractivity contribution >= 4 is 17.2 Å². The highest BCUT2D eigenvalue weighted by atomic mass is 32.1. The van der Waals surface area contributed by atoms with Crippen LogP contribution in [0, 0.1) is 6.92 Å². The molecule has 0 unspecified atom stereocenters. The van der Waals surface area contributed by atoms with E-state index in [1.54, 1.807) is 18.0 Å². The highest BCUT2D eigenvalue weighted by Crippen LogP contribution is 2.41. The van der Waals surface area contributed by atoms with Crippen molar-refractivity contribution in [2.45, 2.75) is 25.8 Å². The van der Waals surface area contributed by atoms with Crippen LogP contribution in [0.2, 0.25) is 0 Å². The number of hydrogen-bond donors (Lipinski definition) is 1. The average Bonchev–Trinajstić information content (AvgIpc) is 3.03. The molecule has 1 amide bonds. The van der Waals surface area contributed by atoms with Gasteiger partial charge in [0.25, 0.3) is 5.91 Å². The second kappa shape index (κ2) is 5.24. The lowest BCUT2D eigenvalue weighted by Gasteiger charge is -2.14. The van der Waals surface area contributed by atoms with Crippen LogP contribution in [0.3, 0.4) is 0 Å². The predicted molar refractivity (Wildman–Crippen MR) is 85.9 cm³/mol. The van der Waals surface area contributed by atoms with Gasteiger partial charge in [-0.1, -0.05) is 0 Å². The monoisotopic (exact) mass is 326 g/mol. The largest absolute Gasteiger partial charge is 0.364 e. The Hall–Kier alpha value is -2.61. The average molecular weight is 326 g/mol. The molecule has 1 saturated carbocycles. The first-order chi connectivity index (χ1) is 11.2. The summed E-state index contributed by atoms with van der Waals surface area (Å²) in [6.45, 7) is 1.94. The molecule has 3 aromatic heterocycles. The highest BCUT2D eigenvalue weighted by molar-refractivity contribution is 7.07. The quantitative estimate of drug-likeness (QED) is 0.792. The Labute approximate surface area is 136 Å². The summed E-state index contributed by atoms with van der Waals surface area (Å²) < 4.78 is 2.00. The van der Waals surface area contributed by atoms with E-state index >= 15 is 0 Å². The summed E-state index contributed by atoms with van der Waals surface area (Å²) in [5.41, 5.74) is 10.7. The summed E-state index contributed by atoms with van der Waals surface area (Å²) in [7, 11) is 0. The minimum atomic E-state index is -0.582. The Morgan fingerprint density at radius 3 is 2.83 bits per heavy atom. The van der Waals surface area contributed by atoms with Crippen molar-refractivity contribution in [1.82, 2.24) is 24.7 Å². The fourth-order valence-electron chi connectivity index (χ4n) is 2.72. The van der Waals surface area contributed by atoms with E-state index in [0.717, 1.165) is 29.7 Å². The second-order valence-electron chi connectivity index (χ2n) is 5.57. The number of pyridine rings is 1. The molecule has 0 radical (unpaired) electrons. The molecule has 0 aliphatic heterocycles. The zero-order chi connectivity index (χ0) is 16.0. The Kier molecular flexibility index (Phi) is 3.19. The third kappa shape index (κ3) is 2.31. The molecule has 8 heteroatoms. The van der Waals surface area contributed by atoms with Crippen LogP contribution < -0.4 is 5.73 Å². The topological polar surface area (TPSA) is 99.6 Å². The molecule has 3 aromatic rings. The number of aromatic nitrogens is 5. The van der Waals surface area contributed by atoms with Crippen LogP contribution in [0.1, 0.15) is 34.9 Å². The third-order valence-electron chi connectivity index (χ3n) is 3.93. The van der Waals surface area contributed by atoms with Gasteiger partial charge in [0, 0.05) is 23.2 Å². The number of hydrogen-bond acceptors (Lipinski definition) is 6. The molecule has 4 rings (SSSR count). The molecule has 2 N–H and O–H groups in total. The van der Waals surface area contributed by atoms with Crippen LogP contribution in [0.4, 0.5) is 0 Å². The zero-order valence-corrected chi connectivity index (χ0v) is 13.2. The van der Waals surface area contributed by atoms with E-state index in [1.165, 1.54) is 11.3 Å². The van der Waals surface area contributed by atoms with Gasteiger partial charge < -0.3 is 10.3 Å². The van der Waals surface area contributed by atoms with Crippen LogP contribution in [0.5, 0.6) is 0 Å². The summed E-state index contributed by atoms with van der Waals surface area (Å²) in [6, 6.07) is 0.379. The first-order valence-corrected chi connectivity index (χ1v) is 8.19. The van der Waals surface area contributed by atoms with Crippen molar-refractivity contribution in [2.24, 2.45) is 5.73 Å². The Balaban J connectivity index is 2.04. The molecular formula is C15H14N6OS. The van der Waals surface area contributed by atoms with Gasteiger partial charge in [0.15, 0.2) is 5.82 Å². The Morgan fingerprint density at radius 2 is 2.17 bits per heavy atom. The summed E-state index contributed by atoms with van der Waals surface area (Å²) in [6.07, 6.45) is 5.52. The van der Waals surface area contributed by atoms with Crippen LogP contribution in [0.15, 0.2) is 23.4 Å². The lowest BCUT2D eigenvalue weighted by Crippen LogP contribution is -2.17. The summed E-state index contributed by atoms with van der Waals surface area (Å²) in [5.74, 6) is 0.0438. The van der Waals surface area contributed by atoms with Crippen molar-refractivity contribution < 1.29 is 4.79 Å². The summed E-state index contributed by atoms with van der Waals surface area (Å²) >= 11 is 1.50. The fraction of sp³-hybridized carbons (Fsp3) is 0.267. The zero-order valence-electron chi connectivity index (χ0n) is 12.4. The van der Waals surface area contributed by atoms with Gasteiger partial charge in [-0.25, -0.2) is 9.97 Å². The fourth-order valence-corrected chi connectivity index (χ4v) is 3.26. The standard InChI is InChI=1S/C15H14N6OS/c1-8-4-17-13(14(16)22)12(11(8)10-5-23-7-18-10)15-20-19-6-21(15)9-2-3-9/h4-7,9H,2-3H2,1H3,(H2,16,22). The Bertz CT molecular complexity index is 882. The lowest BCUT2D eigenvalue weighted by molar-refractivity contribution is 0.0996. The number of nitrogens with two attached hydrogens (primary N) is 1. The molecule has 0 atom stereocenters. The van der Waals surface area contributed by atoms with E-state index in [2.05, 4.69) is 20.2 Å². The SMILES string of the molecule is Cc1cnc(C(N)=O)c(-c2nncn2C2CC2)c1-c1cscn1. The van der Waals surface area contributed by atoms with Crippen LogP contribution >= 0.6 is 11.3 Å². The molecule has 0 aromatic carbocycles. The second-order valence-corrected chi connectivity index (χ2v) is 6.29. The number of carbonyl (C=O) groups excluding carboxylic acids is 1. The summed E-state index contributed by atoms with van der Waals surface area (Å²) in [4.78, 5) is 20.6. The van der Waals surface area contributed by atoms with E-state index in [9.17, 15) is 4.79 Å². The maximum absolute atomic E-state index is 11.9. The lowest BCUT2D eigenvalue weighted by atomic mass is 9.98. The van der Waals surface area contributed by atoms with Crippen molar-refractivity contribution in [2.75, 3.05) is 0 Å². The van der Waals surface area contributed by atoms with Gasteiger partial charge in [-0.15, -0.1) is 21.5 Å². The van der Waals surface area contributed by atoms with Gasteiger partial charge in [0.05, 0.1) is 16.8 Å². The maximum atomic E-state index is 11.9. The molecule has 23 heavy (non-hydrogen) atoms. The van der Waals surface area contributed by atoms with Crippen LogP contribution in [0.25, 0.3) is 22.6 Å². The molecular weight excluding hydrogens is 312 g/mol. The van der Waals surface area contributed by atoms with Gasteiger partial charge in [-0.05, 0) is 25.3 Å². The van der Waals surface area contributed by atoms with Crippen molar-refractivity contribution in [3.63, 3.8) is 0 Å². The van der Waals surface area contributed by atoms with Gasteiger partial charge in [0.2, 0.25) is 0 Å². The molecule has 0 saturated heterocycles. The highest BCUT2D eigenvalue weighted by Gasteiger charge is 2.30. The van der Waals surface area contributed by atoms with Crippen LogP contribution in [-0.4, -0.2) is 30.6 Å². The maximum Gasteiger partial charge on any atom is 0.268 e. The van der Waals surface area contributed by atoms with E-state index in [-0.39, 0.29) is 5.69 Å². The first kappa shape index (κ1) is 14.0. The molecule has 1 aliphatic carbocycles. The minimum Gasteiger partial charge on any atom is -0.364 e. The molecule has 0 spiro atoms. The first-order valence-electron chi connectivity index (χ1n) is 7.24. The number of primary amides is 1. The van der Waals surface area contributed by atoms with Gasteiger partial charge >= 0.3 is 0 Å². The Morgan fingerprint density at radius 1 is 1.35 bits per heavy atom. The van der Waals surface area contributed by atoms with Crippen molar-refractivity contribution in [1.29, 1.82) is 0 Å². The van der Waals surface area contributed by atoms with Gasteiger partial charge in [-0.3, -0.25) is 4.79 Å². The number of thiazole rings is 1. The molecule has 3 heterocycles. The van der Waals surface area contributed by atoms with Crippen LogP contribution in [-0.2, 0) is 0 Å². The number of amides is 1. The molecule has 1 fully saturated rings. The number of carbonyl (C=O) groups is 1.